The van der Waals surface area contributed by atoms with Crippen LogP contribution in [0.1, 0.15) is 48.8 Å². The van der Waals surface area contributed by atoms with Crippen molar-refractivity contribution in [3.63, 3.8) is 0 Å². The lowest BCUT2D eigenvalue weighted by Crippen LogP contribution is -2.40. The Labute approximate surface area is 96.7 Å². The van der Waals surface area contributed by atoms with Gasteiger partial charge < -0.3 is 5.73 Å². The summed E-state index contributed by atoms with van der Waals surface area (Å²) in [6.07, 6.45) is 6.31. The van der Waals surface area contributed by atoms with E-state index in [9.17, 15) is 0 Å². The Morgan fingerprint density at radius 1 is 1.53 bits per heavy atom. The highest BCUT2D eigenvalue weighted by atomic mass is 32.1. The van der Waals surface area contributed by atoms with Crippen LogP contribution in [-0.4, -0.2) is 0 Å². The molecule has 0 radical (unpaired) electrons. The third kappa shape index (κ3) is 2.26. The van der Waals surface area contributed by atoms with Crippen LogP contribution in [0.15, 0.2) is 12.1 Å². The van der Waals surface area contributed by atoms with Gasteiger partial charge in [-0.15, -0.1) is 11.3 Å². The van der Waals surface area contributed by atoms with Crippen molar-refractivity contribution in [2.75, 3.05) is 0 Å². The molecule has 0 spiro atoms. The lowest BCUT2D eigenvalue weighted by molar-refractivity contribution is 0.225. The lowest BCUT2D eigenvalue weighted by atomic mass is 9.74. The summed E-state index contributed by atoms with van der Waals surface area (Å²) in [6, 6.07) is 4.43. The van der Waals surface area contributed by atoms with Crippen LogP contribution >= 0.6 is 11.3 Å². The summed E-state index contributed by atoms with van der Waals surface area (Å²) < 4.78 is 0. The zero-order valence-corrected chi connectivity index (χ0v) is 10.6. The van der Waals surface area contributed by atoms with Gasteiger partial charge in [-0.2, -0.15) is 0 Å². The number of hydrogen-bond donors (Lipinski definition) is 1. The molecule has 0 aliphatic heterocycles. The largest absolute Gasteiger partial charge is 0.321 e. The minimum atomic E-state index is -0.0160. The molecular formula is C13H21NS. The van der Waals surface area contributed by atoms with E-state index in [-0.39, 0.29) is 5.54 Å². The van der Waals surface area contributed by atoms with E-state index in [1.807, 2.05) is 11.3 Å². The molecule has 2 N–H and O–H groups in total. The van der Waals surface area contributed by atoms with Gasteiger partial charge in [-0.25, -0.2) is 0 Å². The van der Waals surface area contributed by atoms with Crippen molar-refractivity contribution in [3.8, 4) is 0 Å². The van der Waals surface area contributed by atoms with E-state index < -0.39 is 0 Å². The Morgan fingerprint density at radius 3 is 2.93 bits per heavy atom. The summed E-state index contributed by atoms with van der Waals surface area (Å²) in [5.74, 6) is 0.839. The number of nitrogens with two attached hydrogens (primary N) is 1. The minimum absolute atomic E-state index is 0.0160. The van der Waals surface area contributed by atoms with Crippen molar-refractivity contribution in [1.82, 2.24) is 0 Å². The first-order chi connectivity index (χ1) is 7.14. The second-order valence-corrected chi connectivity index (χ2v) is 6.22. The second-order valence-electron chi connectivity index (χ2n) is 4.94. The Bertz CT molecular complexity index is 331. The fourth-order valence-corrected chi connectivity index (χ4v) is 3.71. The number of hydrogen-bond acceptors (Lipinski definition) is 2. The van der Waals surface area contributed by atoms with E-state index >= 15 is 0 Å². The fraction of sp³-hybridized carbons (Fsp3) is 0.692. The van der Waals surface area contributed by atoms with Gasteiger partial charge in [-0.05, 0) is 37.8 Å². The number of rotatable bonds is 2. The molecule has 2 heteroatoms. The minimum Gasteiger partial charge on any atom is -0.321 e. The average Bonchev–Trinajstić information content (AvgIpc) is 2.65. The zero-order valence-electron chi connectivity index (χ0n) is 9.75. The van der Waals surface area contributed by atoms with E-state index in [2.05, 4.69) is 26.0 Å². The second kappa shape index (κ2) is 4.26. The molecule has 1 fully saturated rings. The Kier molecular flexibility index (Phi) is 3.17. The summed E-state index contributed by atoms with van der Waals surface area (Å²) >= 11 is 1.88. The van der Waals surface area contributed by atoms with E-state index in [1.165, 1.54) is 41.9 Å². The Morgan fingerprint density at radius 2 is 2.33 bits per heavy atom. The molecule has 1 aromatic rings. The molecule has 1 heterocycles. The quantitative estimate of drug-likeness (QED) is 0.810. The molecule has 84 valence electrons. The summed E-state index contributed by atoms with van der Waals surface area (Å²) in [5, 5.41) is 0. The van der Waals surface area contributed by atoms with Crippen molar-refractivity contribution in [2.24, 2.45) is 11.7 Å². The van der Waals surface area contributed by atoms with Crippen LogP contribution in [0.2, 0.25) is 0 Å². The van der Waals surface area contributed by atoms with E-state index in [0.29, 0.717) is 0 Å². The van der Waals surface area contributed by atoms with Crippen LogP contribution in [0.4, 0.5) is 0 Å². The van der Waals surface area contributed by atoms with Gasteiger partial charge in [0.2, 0.25) is 0 Å². The zero-order chi connectivity index (χ0) is 10.9. The average molecular weight is 223 g/mol. The van der Waals surface area contributed by atoms with Crippen molar-refractivity contribution in [3.05, 3.63) is 21.9 Å². The molecule has 2 unspecified atom stereocenters. The predicted molar refractivity (Wildman–Crippen MR) is 67.2 cm³/mol. The highest BCUT2D eigenvalue weighted by molar-refractivity contribution is 7.12. The van der Waals surface area contributed by atoms with Gasteiger partial charge in [0.1, 0.15) is 0 Å². The van der Waals surface area contributed by atoms with Crippen LogP contribution in [0, 0.1) is 12.8 Å². The standard InChI is InChI=1S/C13H21NS/c1-3-11-5-4-8-13(14,9-11)12-7-6-10(2)15-12/h6-7,11H,3-5,8-9,14H2,1-2H3. The predicted octanol–water partition coefficient (Wildman–Crippen LogP) is 3.81. The topological polar surface area (TPSA) is 26.0 Å². The number of aryl methyl sites for hydroxylation is 1. The van der Waals surface area contributed by atoms with Gasteiger partial charge in [0, 0.05) is 9.75 Å². The van der Waals surface area contributed by atoms with Gasteiger partial charge in [0.05, 0.1) is 5.54 Å². The Hall–Kier alpha value is -0.340. The maximum absolute atomic E-state index is 6.57. The summed E-state index contributed by atoms with van der Waals surface area (Å²) in [5.41, 5.74) is 6.55. The Balaban J connectivity index is 2.18. The molecule has 1 aromatic heterocycles. The summed E-state index contributed by atoms with van der Waals surface area (Å²) in [6.45, 7) is 4.45. The van der Waals surface area contributed by atoms with Gasteiger partial charge >= 0.3 is 0 Å². The first kappa shape index (κ1) is 11.2. The fourth-order valence-electron chi connectivity index (χ4n) is 2.70. The molecule has 0 aromatic carbocycles. The van der Waals surface area contributed by atoms with Crippen LogP contribution in [0.5, 0.6) is 0 Å². The molecular weight excluding hydrogens is 202 g/mol. The smallest absolute Gasteiger partial charge is 0.0506 e. The van der Waals surface area contributed by atoms with Gasteiger partial charge in [-0.3, -0.25) is 0 Å². The summed E-state index contributed by atoms with van der Waals surface area (Å²) in [7, 11) is 0. The monoisotopic (exact) mass is 223 g/mol. The van der Waals surface area contributed by atoms with E-state index in [1.54, 1.807) is 0 Å². The molecule has 0 bridgehead atoms. The maximum atomic E-state index is 6.57. The van der Waals surface area contributed by atoms with E-state index in [0.717, 1.165) is 5.92 Å². The molecule has 1 nitrogen and oxygen atoms in total. The molecule has 1 saturated carbocycles. The lowest BCUT2D eigenvalue weighted by Gasteiger charge is -2.37. The van der Waals surface area contributed by atoms with Crippen molar-refractivity contribution >= 4 is 11.3 Å². The van der Waals surface area contributed by atoms with Gasteiger partial charge in [0.15, 0.2) is 0 Å². The molecule has 2 rings (SSSR count). The normalized spacial score (nSPS) is 31.8. The molecule has 2 atom stereocenters. The first-order valence-electron chi connectivity index (χ1n) is 6.00. The van der Waals surface area contributed by atoms with Crippen LogP contribution < -0.4 is 5.73 Å². The van der Waals surface area contributed by atoms with Crippen molar-refractivity contribution in [2.45, 2.75) is 51.5 Å². The molecule has 0 amide bonds. The van der Waals surface area contributed by atoms with Crippen molar-refractivity contribution in [1.29, 1.82) is 0 Å². The highest BCUT2D eigenvalue weighted by Gasteiger charge is 2.34. The third-order valence-corrected chi connectivity index (χ3v) is 4.92. The first-order valence-corrected chi connectivity index (χ1v) is 6.81. The van der Waals surface area contributed by atoms with Crippen molar-refractivity contribution < 1.29 is 0 Å². The maximum Gasteiger partial charge on any atom is 0.0506 e. The third-order valence-electron chi connectivity index (χ3n) is 3.70. The number of thiophene rings is 1. The molecule has 1 aliphatic carbocycles. The highest BCUT2D eigenvalue weighted by Crippen LogP contribution is 2.41. The molecule has 1 aliphatic rings. The van der Waals surface area contributed by atoms with Gasteiger partial charge in [0.25, 0.3) is 0 Å². The molecule has 15 heavy (non-hydrogen) atoms. The van der Waals surface area contributed by atoms with Crippen LogP contribution in [0.25, 0.3) is 0 Å². The van der Waals surface area contributed by atoms with Gasteiger partial charge in [-0.1, -0.05) is 26.2 Å². The SMILES string of the molecule is CCC1CCCC(N)(c2ccc(C)s2)C1. The van der Waals surface area contributed by atoms with E-state index in [4.69, 9.17) is 5.73 Å². The van der Waals surface area contributed by atoms with Crippen LogP contribution in [-0.2, 0) is 5.54 Å². The summed E-state index contributed by atoms with van der Waals surface area (Å²) in [4.78, 5) is 2.78. The van der Waals surface area contributed by atoms with Crippen LogP contribution in [0.3, 0.4) is 0 Å². The molecule has 0 saturated heterocycles.